The van der Waals surface area contributed by atoms with Gasteiger partial charge >= 0.3 is 12.1 Å². The number of carboxylic acids is 1. The number of likely N-dealkylation sites (tertiary alicyclic amines) is 1. The molecule has 1 aromatic carbocycles. The first-order valence-electron chi connectivity index (χ1n) is 8.50. The standard InChI is InChI=1S/C15H19ClFNO3S.C2HF3O2/c1-21-8-12-4-5-22(19,20)15(12)9-18(10-15)7-11-2-3-13(16)14(17)6-11;3-2(4,5)1(6)7/h2-3,6,12H,4-5,7-10H2,1H3;(H,6,7). The molecular weight excluding hydrogens is 442 g/mol. The van der Waals surface area contributed by atoms with Gasteiger partial charge in [0.25, 0.3) is 0 Å². The van der Waals surface area contributed by atoms with Gasteiger partial charge in [0.05, 0.1) is 17.4 Å². The Morgan fingerprint density at radius 3 is 2.45 bits per heavy atom. The molecule has 164 valence electrons. The molecule has 1 N–H and O–H groups in total. The Morgan fingerprint density at radius 1 is 1.38 bits per heavy atom. The van der Waals surface area contributed by atoms with Gasteiger partial charge in [-0.1, -0.05) is 17.7 Å². The zero-order valence-electron chi connectivity index (χ0n) is 15.4. The lowest BCUT2D eigenvalue weighted by Crippen LogP contribution is -2.67. The van der Waals surface area contributed by atoms with Gasteiger partial charge in [0, 0.05) is 32.7 Å². The van der Waals surface area contributed by atoms with Crippen LogP contribution in [0.25, 0.3) is 0 Å². The van der Waals surface area contributed by atoms with Gasteiger partial charge in [0.15, 0.2) is 9.84 Å². The topological polar surface area (TPSA) is 83.9 Å². The van der Waals surface area contributed by atoms with Gasteiger partial charge in [-0.2, -0.15) is 13.2 Å². The molecule has 3 rings (SSSR count). The largest absolute Gasteiger partial charge is 0.490 e. The molecule has 0 amide bonds. The average molecular weight is 462 g/mol. The number of alkyl halides is 3. The third-order valence-corrected chi connectivity index (χ3v) is 7.99. The minimum atomic E-state index is -5.08. The Bertz CT molecular complexity index is 856. The van der Waals surface area contributed by atoms with Crippen molar-refractivity contribution in [2.24, 2.45) is 5.92 Å². The van der Waals surface area contributed by atoms with Crippen molar-refractivity contribution in [2.75, 3.05) is 32.6 Å². The maximum atomic E-state index is 13.5. The van der Waals surface area contributed by atoms with Gasteiger partial charge in [0.1, 0.15) is 10.6 Å². The van der Waals surface area contributed by atoms with Crippen LogP contribution in [0.4, 0.5) is 17.6 Å². The highest BCUT2D eigenvalue weighted by molar-refractivity contribution is 7.93. The van der Waals surface area contributed by atoms with E-state index in [4.69, 9.17) is 26.2 Å². The molecule has 2 aliphatic rings. The molecule has 2 heterocycles. The molecule has 2 aliphatic heterocycles. The quantitative estimate of drug-likeness (QED) is 0.694. The van der Waals surface area contributed by atoms with Crippen molar-refractivity contribution in [1.82, 2.24) is 4.90 Å². The summed E-state index contributed by atoms with van der Waals surface area (Å²) in [5.41, 5.74) is 0.801. The van der Waals surface area contributed by atoms with E-state index in [2.05, 4.69) is 0 Å². The molecule has 0 saturated carbocycles. The van der Waals surface area contributed by atoms with Crippen LogP contribution in [0, 0.1) is 11.7 Å². The van der Waals surface area contributed by atoms with E-state index in [-0.39, 0.29) is 16.7 Å². The highest BCUT2D eigenvalue weighted by Crippen LogP contribution is 2.45. The van der Waals surface area contributed by atoms with Crippen LogP contribution in [0.1, 0.15) is 12.0 Å². The SMILES string of the molecule is COCC1CCS(=O)(=O)C12CN(Cc1ccc(Cl)c(F)c1)C2.O=C(O)C(F)(F)F. The van der Waals surface area contributed by atoms with Gasteiger partial charge in [0.2, 0.25) is 0 Å². The highest BCUT2D eigenvalue weighted by Gasteiger charge is 2.61. The molecule has 1 spiro atoms. The Kier molecular flexibility index (Phi) is 7.19. The lowest BCUT2D eigenvalue weighted by molar-refractivity contribution is -0.192. The zero-order chi connectivity index (χ0) is 22.0. The Labute approximate surface area is 170 Å². The molecule has 1 atom stereocenters. The van der Waals surface area contributed by atoms with E-state index in [0.29, 0.717) is 32.7 Å². The van der Waals surface area contributed by atoms with Crippen LogP contribution in [0.5, 0.6) is 0 Å². The minimum absolute atomic E-state index is 0.0562. The number of hydrogen-bond acceptors (Lipinski definition) is 5. The smallest absolute Gasteiger partial charge is 0.475 e. The van der Waals surface area contributed by atoms with Crippen molar-refractivity contribution in [3.63, 3.8) is 0 Å². The fraction of sp³-hybridized carbons (Fsp3) is 0.588. The van der Waals surface area contributed by atoms with Gasteiger partial charge in [-0.05, 0) is 24.1 Å². The van der Waals surface area contributed by atoms with Crippen LogP contribution < -0.4 is 0 Å². The molecule has 0 radical (unpaired) electrons. The van der Waals surface area contributed by atoms with Crippen LogP contribution in [0.3, 0.4) is 0 Å². The van der Waals surface area contributed by atoms with Gasteiger partial charge in [-0.25, -0.2) is 17.6 Å². The molecule has 12 heteroatoms. The van der Waals surface area contributed by atoms with Crippen molar-refractivity contribution in [2.45, 2.75) is 23.9 Å². The van der Waals surface area contributed by atoms with Crippen LogP contribution in [0.2, 0.25) is 5.02 Å². The summed E-state index contributed by atoms with van der Waals surface area (Å²) in [7, 11) is -1.48. The molecule has 1 unspecified atom stereocenters. The van der Waals surface area contributed by atoms with Gasteiger partial charge < -0.3 is 9.84 Å². The first-order valence-corrected chi connectivity index (χ1v) is 10.5. The van der Waals surface area contributed by atoms with Crippen LogP contribution in [-0.4, -0.2) is 67.9 Å². The number of hydrogen-bond donors (Lipinski definition) is 1. The van der Waals surface area contributed by atoms with E-state index in [1.165, 1.54) is 12.1 Å². The summed E-state index contributed by atoms with van der Waals surface area (Å²) >= 11 is 5.67. The van der Waals surface area contributed by atoms with E-state index in [9.17, 15) is 26.0 Å². The third-order valence-electron chi connectivity index (χ3n) is 5.08. The number of carboxylic acid groups (broad SMARTS) is 1. The first kappa shape index (κ1) is 23.8. The van der Waals surface area contributed by atoms with Crippen molar-refractivity contribution in [3.05, 3.63) is 34.6 Å². The fourth-order valence-electron chi connectivity index (χ4n) is 3.63. The Hall–Kier alpha value is -1.43. The van der Waals surface area contributed by atoms with Crippen molar-refractivity contribution in [3.8, 4) is 0 Å². The summed E-state index contributed by atoms with van der Waals surface area (Å²) in [5, 5.41) is 7.22. The van der Waals surface area contributed by atoms with Crippen LogP contribution >= 0.6 is 11.6 Å². The molecule has 1 aromatic rings. The van der Waals surface area contributed by atoms with Crippen molar-refractivity contribution < 1.29 is 40.6 Å². The molecule has 2 saturated heterocycles. The van der Waals surface area contributed by atoms with Crippen molar-refractivity contribution in [1.29, 1.82) is 0 Å². The van der Waals surface area contributed by atoms with E-state index in [0.717, 1.165) is 5.56 Å². The second kappa shape index (κ2) is 8.75. The molecule has 6 nitrogen and oxygen atoms in total. The van der Waals surface area contributed by atoms with E-state index in [1.54, 1.807) is 13.2 Å². The number of halogens is 5. The van der Waals surface area contributed by atoms with E-state index >= 15 is 0 Å². The lowest BCUT2D eigenvalue weighted by atomic mass is 9.83. The molecule has 2 fully saturated rings. The number of ether oxygens (including phenoxy) is 1. The Balaban J connectivity index is 0.000000370. The maximum Gasteiger partial charge on any atom is 0.490 e. The fourth-order valence-corrected chi connectivity index (χ4v) is 6.20. The number of rotatable bonds is 4. The molecular formula is C17H20ClF4NO5S. The predicted octanol–water partition coefficient (Wildman–Crippen LogP) is 2.75. The summed E-state index contributed by atoms with van der Waals surface area (Å²) in [6.07, 6.45) is -4.42. The zero-order valence-corrected chi connectivity index (χ0v) is 16.9. The van der Waals surface area contributed by atoms with Crippen molar-refractivity contribution >= 4 is 27.4 Å². The predicted molar refractivity (Wildman–Crippen MR) is 96.9 cm³/mol. The van der Waals surface area contributed by atoms with E-state index in [1.807, 2.05) is 4.90 Å². The second-order valence-corrected chi connectivity index (χ2v) is 9.88. The van der Waals surface area contributed by atoms with Crippen LogP contribution in [-0.2, 0) is 25.9 Å². The number of methoxy groups -OCH3 is 1. The summed E-state index contributed by atoms with van der Waals surface area (Å²) in [6, 6.07) is 4.71. The van der Waals surface area contributed by atoms with Gasteiger partial charge in [-0.15, -0.1) is 0 Å². The number of carbonyl (C=O) groups is 1. The first-order chi connectivity index (χ1) is 13.3. The monoisotopic (exact) mass is 461 g/mol. The number of nitrogens with zero attached hydrogens (tertiary/aromatic N) is 1. The average Bonchev–Trinajstić information content (AvgIpc) is 2.82. The summed E-state index contributed by atoms with van der Waals surface area (Å²) in [4.78, 5) is 10.9. The number of sulfone groups is 1. The Morgan fingerprint density at radius 2 is 1.97 bits per heavy atom. The summed E-state index contributed by atoms with van der Waals surface area (Å²) < 4.78 is 74.5. The normalized spacial score (nSPS) is 22.6. The minimum Gasteiger partial charge on any atom is -0.475 e. The molecule has 0 bridgehead atoms. The molecule has 0 aromatic heterocycles. The van der Waals surface area contributed by atoms with Gasteiger partial charge in [-0.3, -0.25) is 4.90 Å². The lowest BCUT2D eigenvalue weighted by Gasteiger charge is -2.50. The summed E-state index contributed by atoms with van der Waals surface area (Å²) in [5.74, 6) is -2.90. The highest BCUT2D eigenvalue weighted by atomic mass is 35.5. The molecule has 29 heavy (non-hydrogen) atoms. The summed E-state index contributed by atoms with van der Waals surface area (Å²) in [6.45, 7) is 1.99. The van der Waals surface area contributed by atoms with Crippen LogP contribution in [0.15, 0.2) is 18.2 Å². The third kappa shape index (κ3) is 5.19. The number of benzene rings is 1. The number of aliphatic carboxylic acids is 1. The second-order valence-electron chi connectivity index (χ2n) is 7.02. The van der Waals surface area contributed by atoms with E-state index < -0.39 is 32.5 Å². The molecule has 0 aliphatic carbocycles. The maximum absolute atomic E-state index is 13.5.